The lowest BCUT2D eigenvalue weighted by Gasteiger charge is -2.17. The molecule has 0 spiro atoms. The Labute approximate surface area is 134 Å². The number of rotatable bonds is 4. The summed E-state index contributed by atoms with van der Waals surface area (Å²) in [6.07, 6.45) is 4.97. The molecular formula is C18H19BrO2. The summed E-state index contributed by atoms with van der Waals surface area (Å²) in [6.45, 7) is 0.515. The number of ether oxygens (including phenoxy) is 2. The first kappa shape index (κ1) is 14.5. The highest BCUT2D eigenvalue weighted by Gasteiger charge is 2.10. The van der Waals surface area contributed by atoms with Crippen LogP contribution in [0.25, 0.3) is 0 Å². The van der Waals surface area contributed by atoms with Crippen molar-refractivity contribution >= 4 is 15.9 Å². The lowest BCUT2D eigenvalue weighted by atomic mass is 9.92. The minimum Gasteiger partial charge on any atom is -0.496 e. The molecule has 0 saturated heterocycles. The summed E-state index contributed by atoms with van der Waals surface area (Å²) in [5.74, 6) is 1.80. The van der Waals surface area contributed by atoms with Gasteiger partial charge >= 0.3 is 0 Å². The molecule has 0 aromatic heterocycles. The van der Waals surface area contributed by atoms with Gasteiger partial charge in [0.25, 0.3) is 0 Å². The van der Waals surface area contributed by atoms with E-state index in [4.69, 9.17) is 9.47 Å². The molecule has 3 heteroatoms. The Morgan fingerprint density at radius 2 is 1.81 bits per heavy atom. The van der Waals surface area contributed by atoms with Crippen LogP contribution in [-0.2, 0) is 19.4 Å². The average molecular weight is 347 g/mol. The number of fused-ring (bicyclic) bond motifs is 1. The Balaban J connectivity index is 1.74. The van der Waals surface area contributed by atoms with Crippen LogP contribution in [0.1, 0.15) is 29.5 Å². The number of hydrogen-bond acceptors (Lipinski definition) is 2. The first-order chi connectivity index (χ1) is 10.3. The monoisotopic (exact) mass is 346 g/mol. The molecule has 1 aliphatic carbocycles. The molecule has 0 bridgehead atoms. The molecule has 0 unspecified atom stereocenters. The van der Waals surface area contributed by atoms with E-state index in [1.54, 1.807) is 7.11 Å². The number of hydrogen-bond donors (Lipinski definition) is 0. The van der Waals surface area contributed by atoms with Crippen LogP contribution in [0.5, 0.6) is 11.5 Å². The van der Waals surface area contributed by atoms with Gasteiger partial charge in [-0.1, -0.05) is 22.0 Å². The van der Waals surface area contributed by atoms with Gasteiger partial charge < -0.3 is 9.47 Å². The maximum Gasteiger partial charge on any atom is 0.125 e. The average Bonchev–Trinajstić information content (AvgIpc) is 2.53. The van der Waals surface area contributed by atoms with Crippen molar-refractivity contribution < 1.29 is 9.47 Å². The van der Waals surface area contributed by atoms with E-state index in [-0.39, 0.29) is 0 Å². The predicted molar refractivity (Wildman–Crippen MR) is 88.1 cm³/mol. The fourth-order valence-electron chi connectivity index (χ4n) is 2.82. The van der Waals surface area contributed by atoms with Crippen molar-refractivity contribution in [1.29, 1.82) is 0 Å². The first-order valence-electron chi connectivity index (χ1n) is 7.33. The summed E-state index contributed by atoms with van der Waals surface area (Å²) < 4.78 is 12.4. The van der Waals surface area contributed by atoms with E-state index in [9.17, 15) is 0 Å². The molecular weight excluding hydrogens is 328 g/mol. The molecule has 3 rings (SSSR count). The van der Waals surface area contributed by atoms with Crippen molar-refractivity contribution in [3.63, 3.8) is 0 Å². The molecule has 2 aromatic rings. The molecule has 0 radical (unpaired) electrons. The number of methoxy groups -OCH3 is 1. The fourth-order valence-corrected chi connectivity index (χ4v) is 3.23. The highest BCUT2D eigenvalue weighted by Crippen LogP contribution is 2.28. The quantitative estimate of drug-likeness (QED) is 0.782. The summed E-state index contributed by atoms with van der Waals surface area (Å²) in [5.41, 5.74) is 3.97. The zero-order valence-electron chi connectivity index (χ0n) is 12.2. The van der Waals surface area contributed by atoms with Gasteiger partial charge in [-0.3, -0.25) is 0 Å². The van der Waals surface area contributed by atoms with Crippen LogP contribution in [-0.4, -0.2) is 7.11 Å². The Hall–Kier alpha value is -1.48. The Morgan fingerprint density at radius 1 is 1.00 bits per heavy atom. The Kier molecular flexibility index (Phi) is 4.49. The van der Waals surface area contributed by atoms with Crippen molar-refractivity contribution in [2.24, 2.45) is 0 Å². The summed E-state index contributed by atoms with van der Waals surface area (Å²) in [5, 5.41) is 0. The smallest absolute Gasteiger partial charge is 0.125 e. The van der Waals surface area contributed by atoms with Crippen molar-refractivity contribution in [3.8, 4) is 11.5 Å². The summed E-state index contributed by atoms with van der Waals surface area (Å²) in [7, 11) is 1.69. The molecule has 0 heterocycles. The van der Waals surface area contributed by atoms with Crippen LogP contribution >= 0.6 is 15.9 Å². The maximum atomic E-state index is 5.95. The van der Waals surface area contributed by atoms with Crippen LogP contribution in [0.4, 0.5) is 0 Å². The number of aryl methyl sites for hydroxylation is 2. The second-order valence-corrected chi connectivity index (χ2v) is 6.30. The van der Waals surface area contributed by atoms with E-state index in [2.05, 4.69) is 34.1 Å². The molecule has 0 atom stereocenters. The maximum absolute atomic E-state index is 5.95. The number of halogens is 1. The van der Waals surface area contributed by atoms with Gasteiger partial charge in [0.1, 0.15) is 18.1 Å². The second kappa shape index (κ2) is 6.52. The molecule has 0 N–H and O–H groups in total. The van der Waals surface area contributed by atoms with Gasteiger partial charge in [0.05, 0.1) is 7.11 Å². The topological polar surface area (TPSA) is 18.5 Å². The third kappa shape index (κ3) is 3.41. The van der Waals surface area contributed by atoms with E-state index < -0.39 is 0 Å². The largest absolute Gasteiger partial charge is 0.496 e. The van der Waals surface area contributed by atoms with Crippen molar-refractivity contribution in [1.82, 2.24) is 0 Å². The molecule has 0 amide bonds. The molecule has 110 valence electrons. The number of benzene rings is 2. The Bertz CT molecular complexity index is 637. The van der Waals surface area contributed by atoms with Gasteiger partial charge in [-0.25, -0.2) is 0 Å². The van der Waals surface area contributed by atoms with E-state index >= 15 is 0 Å². The molecule has 2 aromatic carbocycles. The zero-order chi connectivity index (χ0) is 14.7. The third-order valence-electron chi connectivity index (χ3n) is 3.96. The molecule has 21 heavy (non-hydrogen) atoms. The normalized spacial score (nSPS) is 13.6. The van der Waals surface area contributed by atoms with Crippen LogP contribution in [0.3, 0.4) is 0 Å². The standard InChI is InChI=1S/C18H19BrO2/c1-20-18-9-7-16(19)10-15(18)12-21-17-8-6-13-4-2-3-5-14(13)11-17/h6-11H,2-5,12H2,1H3. The van der Waals surface area contributed by atoms with E-state index in [0.717, 1.165) is 21.5 Å². The minimum atomic E-state index is 0.515. The molecule has 1 aliphatic rings. The van der Waals surface area contributed by atoms with E-state index in [1.165, 1.54) is 36.8 Å². The highest BCUT2D eigenvalue weighted by atomic mass is 79.9. The van der Waals surface area contributed by atoms with Gasteiger partial charge in [-0.2, -0.15) is 0 Å². The lowest BCUT2D eigenvalue weighted by molar-refractivity contribution is 0.296. The van der Waals surface area contributed by atoms with Gasteiger partial charge in [0.2, 0.25) is 0 Å². The van der Waals surface area contributed by atoms with Crippen molar-refractivity contribution in [2.75, 3.05) is 7.11 Å². The highest BCUT2D eigenvalue weighted by molar-refractivity contribution is 9.10. The SMILES string of the molecule is COc1ccc(Br)cc1COc1ccc2c(c1)CCCC2. The van der Waals surface area contributed by atoms with Crippen LogP contribution in [0.15, 0.2) is 40.9 Å². The zero-order valence-corrected chi connectivity index (χ0v) is 13.8. The first-order valence-corrected chi connectivity index (χ1v) is 8.12. The molecule has 0 aliphatic heterocycles. The Morgan fingerprint density at radius 3 is 2.62 bits per heavy atom. The molecule has 0 fully saturated rings. The lowest BCUT2D eigenvalue weighted by Crippen LogP contribution is -2.04. The summed E-state index contributed by atoms with van der Waals surface area (Å²) in [6, 6.07) is 12.4. The van der Waals surface area contributed by atoms with Crippen molar-refractivity contribution in [2.45, 2.75) is 32.3 Å². The summed E-state index contributed by atoms with van der Waals surface area (Å²) >= 11 is 3.49. The van der Waals surface area contributed by atoms with E-state index in [0.29, 0.717) is 6.61 Å². The second-order valence-electron chi connectivity index (χ2n) is 5.38. The van der Waals surface area contributed by atoms with E-state index in [1.807, 2.05) is 18.2 Å². The van der Waals surface area contributed by atoms with Crippen LogP contribution in [0.2, 0.25) is 0 Å². The van der Waals surface area contributed by atoms with Gasteiger partial charge in [-0.05, 0) is 67.1 Å². The third-order valence-corrected chi connectivity index (χ3v) is 4.45. The van der Waals surface area contributed by atoms with Crippen LogP contribution in [0, 0.1) is 0 Å². The molecule has 0 saturated carbocycles. The summed E-state index contributed by atoms with van der Waals surface area (Å²) in [4.78, 5) is 0. The van der Waals surface area contributed by atoms with Crippen LogP contribution < -0.4 is 9.47 Å². The molecule has 2 nitrogen and oxygen atoms in total. The minimum absolute atomic E-state index is 0.515. The van der Waals surface area contributed by atoms with Gasteiger partial charge in [0, 0.05) is 10.0 Å². The predicted octanol–water partition coefficient (Wildman–Crippen LogP) is 4.92. The fraction of sp³-hybridized carbons (Fsp3) is 0.333. The van der Waals surface area contributed by atoms with Gasteiger partial charge in [0.15, 0.2) is 0 Å². The van der Waals surface area contributed by atoms with Gasteiger partial charge in [-0.15, -0.1) is 0 Å². The van der Waals surface area contributed by atoms with Crippen molar-refractivity contribution in [3.05, 3.63) is 57.6 Å².